The zero-order valence-electron chi connectivity index (χ0n) is 14.0. The molecule has 0 saturated carbocycles. The summed E-state index contributed by atoms with van der Waals surface area (Å²) in [4.78, 5) is 14.8. The van der Waals surface area contributed by atoms with Crippen LogP contribution in [0.1, 0.15) is 32.9 Å². The SMILES string of the molecule is Cc1ccc(Cn2nc(C)c(C(=O)N3CCSCC3)c2C)cc1. The molecular formula is C18H23N3OS. The topological polar surface area (TPSA) is 38.1 Å². The van der Waals surface area contributed by atoms with Gasteiger partial charge in [0.25, 0.3) is 5.91 Å². The third-order valence-electron chi connectivity index (χ3n) is 4.35. The predicted octanol–water partition coefficient (Wildman–Crippen LogP) is 3.05. The zero-order valence-corrected chi connectivity index (χ0v) is 14.8. The van der Waals surface area contributed by atoms with Crippen LogP contribution in [-0.4, -0.2) is 45.2 Å². The minimum Gasteiger partial charge on any atom is -0.337 e. The maximum absolute atomic E-state index is 12.8. The molecule has 1 aromatic carbocycles. The number of benzene rings is 1. The molecule has 122 valence electrons. The van der Waals surface area contributed by atoms with E-state index in [1.54, 1.807) is 0 Å². The van der Waals surface area contributed by atoms with Crippen LogP contribution in [0.15, 0.2) is 24.3 Å². The summed E-state index contributed by atoms with van der Waals surface area (Å²) in [5.74, 6) is 2.19. The molecule has 0 spiro atoms. The third kappa shape index (κ3) is 3.44. The normalized spacial score (nSPS) is 15.0. The Kier molecular flexibility index (Phi) is 4.76. The molecule has 2 heterocycles. The molecule has 0 N–H and O–H groups in total. The summed E-state index contributed by atoms with van der Waals surface area (Å²) in [6.07, 6.45) is 0. The van der Waals surface area contributed by atoms with Crippen LogP contribution in [0, 0.1) is 20.8 Å². The second kappa shape index (κ2) is 6.79. The molecule has 0 unspecified atom stereocenters. The van der Waals surface area contributed by atoms with Crippen LogP contribution in [0.2, 0.25) is 0 Å². The van der Waals surface area contributed by atoms with Crippen molar-refractivity contribution in [1.82, 2.24) is 14.7 Å². The van der Waals surface area contributed by atoms with Gasteiger partial charge in [-0.1, -0.05) is 29.8 Å². The highest BCUT2D eigenvalue weighted by atomic mass is 32.2. The molecule has 3 rings (SSSR count). The summed E-state index contributed by atoms with van der Waals surface area (Å²) < 4.78 is 1.95. The van der Waals surface area contributed by atoms with Gasteiger partial charge < -0.3 is 4.90 Å². The van der Waals surface area contributed by atoms with Gasteiger partial charge in [-0.3, -0.25) is 9.48 Å². The molecule has 5 heteroatoms. The predicted molar refractivity (Wildman–Crippen MR) is 95.2 cm³/mol. The number of amides is 1. The number of carbonyl (C=O) groups is 1. The van der Waals surface area contributed by atoms with Gasteiger partial charge in [-0.25, -0.2) is 0 Å². The average Bonchev–Trinajstić information content (AvgIpc) is 2.84. The lowest BCUT2D eigenvalue weighted by Gasteiger charge is -2.26. The summed E-state index contributed by atoms with van der Waals surface area (Å²) in [7, 11) is 0. The molecule has 1 aliphatic rings. The van der Waals surface area contributed by atoms with E-state index >= 15 is 0 Å². The fraction of sp³-hybridized carbons (Fsp3) is 0.444. The Morgan fingerprint density at radius 3 is 2.43 bits per heavy atom. The van der Waals surface area contributed by atoms with Gasteiger partial charge in [0, 0.05) is 30.3 Å². The Morgan fingerprint density at radius 2 is 1.78 bits per heavy atom. The van der Waals surface area contributed by atoms with Crippen LogP contribution in [0.25, 0.3) is 0 Å². The Labute approximate surface area is 141 Å². The molecule has 0 aliphatic carbocycles. The summed E-state index contributed by atoms with van der Waals surface area (Å²) in [5.41, 5.74) is 5.03. The maximum atomic E-state index is 12.8. The second-order valence-corrected chi connectivity index (χ2v) is 7.32. The first-order valence-electron chi connectivity index (χ1n) is 8.03. The zero-order chi connectivity index (χ0) is 16.4. The number of aromatic nitrogens is 2. The van der Waals surface area contributed by atoms with Crippen molar-refractivity contribution in [2.45, 2.75) is 27.3 Å². The van der Waals surface area contributed by atoms with Crippen molar-refractivity contribution >= 4 is 17.7 Å². The smallest absolute Gasteiger partial charge is 0.257 e. The number of hydrogen-bond donors (Lipinski definition) is 0. The van der Waals surface area contributed by atoms with Crippen LogP contribution in [0.4, 0.5) is 0 Å². The van der Waals surface area contributed by atoms with Crippen LogP contribution < -0.4 is 0 Å². The monoisotopic (exact) mass is 329 g/mol. The quantitative estimate of drug-likeness (QED) is 0.869. The van der Waals surface area contributed by atoms with Crippen molar-refractivity contribution < 1.29 is 4.79 Å². The van der Waals surface area contributed by atoms with E-state index in [4.69, 9.17) is 0 Å². The lowest BCUT2D eigenvalue weighted by atomic mass is 10.1. The van der Waals surface area contributed by atoms with E-state index in [0.29, 0.717) is 6.54 Å². The van der Waals surface area contributed by atoms with Gasteiger partial charge >= 0.3 is 0 Å². The molecular weight excluding hydrogens is 306 g/mol. The fourth-order valence-corrected chi connectivity index (χ4v) is 3.85. The maximum Gasteiger partial charge on any atom is 0.257 e. The molecule has 1 saturated heterocycles. The lowest BCUT2D eigenvalue weighted by molar-refractivity contribution is 0.0770. The highest BCUT2D eigenvalue weighted by Crippen LogP contribution is 2.19. The molecule has 1 aliphatic heterocycles. The van der Waals surface area contributed by atoms with Crippen LogP contribution in [0.3, 0.4) is 0 Å². The van der Waals surface area contributed by atoms with Crippen LogP contribution in [0.5, 0.6) is 0 Å². The van der Waals surface area contributed by atoms with Gasteiger partial charge in [-0.05, 0) is 26.3 Å². The third-order valence-corrected chi connectivity index (χ3v) is 5.29. The minimum atomic E-state index is 0.135. The number of rotatable bonds is 3. The minimum absolute atomic E-state index is 0.135. The van der Waals surface area contributed by atoms with Crippen molar-refractivity contribution in [3.05, 3.63) is 52.3 Å². The largest absolute Gasteiger partial charge is 0.337 e. The van der Waals surface area contributed by atoms with Gasteiger partial charge in [-0.2, -0.15) is 16.9 Å². The first-order chi connectivity index (χ1) is 11.1. The van der Waals surface area contributed by atoms with Gasteiger partial charge in [0.05, 0.1) is 17.8 Å². The molecule has 1 aromatic heterocycles. The summed E-state index contributed by atoms with van der Waals surface area (Å²) in [6, 6.07) is 8.46. The summed E-state index contributed by atoms with van der Waals surface area (Å²) in [5, 5.41) is 4.61. The van der Waals surface area contributed by atoms with Crippen molar-refractivity contribution in [2.75, 3.05) is 24.6 Å². The van der Waals surface area contributed by atoms with E-state index in [1.165, 1.54) is 11.1 Å². The summed E-state index contributed by atoms with van der Waals surface area (Å²) >= 11 is 1.91. The van der Waals surface area contributed by atoms with E-state index in [-0.39, 0.29) is 5.91 Å². The van der Waals surface area contributed by atoms with E-state index in [9.17, 15) is 4.79 Å². The van der Waals surface area contributed by atoms with Gasteiger partial charge in [-0.15, -0.1) is 0 Å². The molecule has 0 bridgehead atoms. The number of nitrogens with zero attached hydrogens (tertiary/aromatic N) is 3. The first kappa shape index (κ1) is 16.1. The summed E-state index contributed by atoms with van der Waals surface area (Å²) in [6.45, 7) is 8.40. The van der Waals surface area contributed by atoms with Crippen molar-refractivity contribution in [3.8, 4) is 0 Å². The van der Waals surface area contributed by atoms with Gasteiger partial charge in [0.1, 0.15) is 0 Å². The molecule has 0 atom stereocenters. The fourth-order valence-electron chi connectivity index (χ4n) is 2.95. The Hall–Kier alpha value is -1.75. The van der Waals surface area contributed by atoms with Crippen LogP contribution in [-0.2, 0) is 6.54 Å². The van der Waals surface area contributed by atoms with Crippen molar-refractivity contribution in [3.63, 3.8) is 0 Å². The lowest BCUT2D eigenvalue weighted by Crippen LogP contribution is -2.38. The van der Waals surface area contributed by atoms with E-state index in [1.807, 2.05) is 35.2 Å². The Morgan fingerprint density at radius 1 is 1.13 bits per heavy atom. The number of carbonyl (C=O) groups excluding carboxylic acids is 1. The molecule has 2 aromatic rings. The average molecular weight is 329 g/mol. The van der Waals surface area contributed by atoms with E-state index in [0.717, 1.165) is 41.5 Å². The Balaban J connectivity index is 1.83. The molecule has 4 nitrogen and oxygen atoms in total. The van der Waals surface area contributed by atoms with Gasteiger partial charge in [0.15, 0.2) is 0 Å². The van der Waals surface area contributed by atoms with E-state index in [2.05, 4.69) is 36.3 Å². The highest BCUT2D eigenvalue weighted by molar-refractivity contribution is 7.99. The van der Waals surface area contributed by atoms with Crippen LogP contribution >= 0.6 is 11.8 Å². The van der Waals surface area contributed by atoms with Crippen molar-refractivity contribution in [2.24, 2.45) is 0 Å². The molecule has 1 fully saturated rings. The van der Waals surface area contributed by atoms with E-state index < -0.39 is 0 Å². The highest BCUT2D eigenvalue weighted by Gasteiger charge is 2.24. The molecule has 0 radical (unpaired) electrons. The Bertz CT molecular complexity index is 700. The van der Waals surface area contributed by atoms with Crippen molar-refractivity contribution in [1.29, 1.82) is 0 Å². The standard InChI is InChI=1S/C18H23N3OS/c1-13-4-6-16(7-5-13)12-21-15(3)17(14(2)19-21)18(22)20-8-10-23-11-9-20/h4-7H,8-12H2,1-3H3. The number of hydrogen-bond acceptors (Lipinski definition) is 3. The number of aryl methyl sites for hydroxylation is 2. The molecule has 1 amide bonds. The van der Waals surface area contributed by atoms with Gasteiger partial charge in [0.2, 0.25) is 0 Å². The second-order valence-electron chi connectivity index (χ2n) is 6.09. The molecule has 23 heavy (non-hydrogen) atoms. The number of thioether (sulfide) groups is 1. The first-order valence-corrected chi connectivity index (χ1v) is 9.18.